The molecule has 0 radical (unpaired) electrons. The summed E-state index contributed by atoms with van der Waals surface area (Å²) in [6, 6.07) is 18.9. The number of rotatable bonds is 3. The molecular formula is C21H16F2N2O. The average Bonchev–Trinajstić information content (AvgIpc) is 2.99. The molecule has 130 valence electrons. The normalized spacial score (nSPS) is 11.8. The van der Waals surface area contributed by atoms with Crippen LogP contribution >= 0.6 is 0 Å². The maximum Gasteiger partial charge on any atom is 0.178 e. The van der Waals surface area contributed by atoms with E-state index < -0.39 is 17.2 Å². The zero-order valence-electron chi connectivity index (χ0n) is 14.0. The Bertz CT molecular complexity index is 1060. The lowest BCUT2D eigenvalue weighted by atomic mass is 9.84. The quantitative estimate of drug-likeness (QED) is 0.603. The van der Waals surface area contributed by atoms with Gasteiger partial charge in [0.15, 0.2) is 11.4 Å². The van der Waals surface area contributed by atoms with Crippen LogP contribution in [0.15, 0.2) is 72.8 Å². The van der Waals surface area contributed by atoms with Gasteiger partial charge in [-0.1, -0.05) is 48.5 Å². The van der Waals surface area contributed by atoms with E-state index in [0.29, 0.717) is 5.52 Å². The van der Waals surface area contributed by atoms with E-state index in [0.717, 1.165) is 5.52 Å². The van der Waals surface area contributed by atoms with Crippen LogP contribution in [0.1, 0.15) is 17.0 Å². The van der Waals surface area contributed by atoms with E-state index in [2.05, 4.69) is 4.98 Å². The van der Waals surface area contributed by atoms with E-state index in [-0.39, 0.29) is 17.0 Å². The summed E-state index contributed by atoms with van der Waals surface area (Å²) in [6.45, 7) is 0. The zero-order valence-corrected chi connectivity index (χ0v) is 14.0. The molecule has 1 N–H and O–H groups in total. The van der Waals surface area contributed by atoms with Crippen LogP contribution < -0.4 is 0 Å². The summed E-state index contributed by atoms with van der Waals surface area (Å²) in [5.41, 5.74) is -0.790. The number of halogens is 2. The van der Waals surface area contributed by atoms with Crippen molar-refractivity contribution in [2.45, 2.75) is 5.60 Å². The first-order valence-electron chi connectivity index (χ1n) is 8.18. The summed E-state index contributed by atoms with van der Waals surface area (Å²) in [7, 11) is 1.72. The molecule has 26 heavy (non-hydrogen) atoms. The highest BCUT2D eigenvalue weighted by Crippen LogP contribution is 2.39. The Morgan fingerprint density at radius 2 is 1.31 bits per heavy atom. The first-order chi connectivity index (χ1) is 12.5. The number of nitrogens with zero attached hydrogens (tertiary/aromatic N) is 2. The number of benzene rings is 3. The smallest absolute Gasteiger partial charge is 0.178 e. The van der Waals surface area contributed by atoms with Crippen molar-refractivity contribution >= 4 is 11.0 Å². The van der Waals surface area contributed by atoms with Gasteiger partial charge < -0.3 is 9.67 Å². The lowest BCUT2D eigenvalue weighted by Crippen LogP contribution is -2.34. The molecule has 0 spiro atoms. The molecule has 3 aromatic carbocycles. The largest absolute Gasteiger partial charge is 0.373 e. The maximum atomic E-state index is 14.7. The van der Waals surface area contributed by atoms with Crippen molar-refractivity contribution in [1.82, 2.24) is 9.55 Å². The van der Waals surface area contributed by atoms with Gasteiger partial charge in [-0.05, 0) is 24.3 Å². The Kier molecular flexibility index (Phi) is 3.81. The summed E-state index contributed by atoms with van der Waals surface area (Å²) < 4.78 is 31.0. The lowest BCUT2D eigenvalue weighted by molar-refractivity contribution is 0.104. The van der Waals surface area contributed by atoms with Crippen molar-refractivity contribution in [3.63, 3.8) is 0 Å². The molecule has 5 heteroatoms. The van der Waals surface area contributed by atoms with Crippen LogP contribution in [0.4, 0.5) is 8.78 Å². The highest BCUT2D eigenvalue weighted by molar-refractivity contribution is 5.76. The first-order valence-corrected chi connectivity index (χ1v) is 8.18. The molecule has 0 saturated heterocycles. The highest BCUT2D eigenvalue weighted by atomic mass is 19.1. The number of aromatic nitrogens is 2. The molecule has 3 nitrogen and oxygen atoms in total. The molecule has 4 aromatic rings. The third-order valence-corrected chi connectivity index (χ3v) is 4.64. The highest BCUT2D eigenvalue weighted by Gasteiger charge is 2.42. The van der Waals surface area contributed by atoms with Gasteiger partial charge in [0, 0.05) is 18.2 Å². The standard InChI is InChI=1S/C21H16F2N2O/c1-25-19-13-7-6-12-18(19)24-20(25)21(26,14-8-2-4-10-16(14)22)15-9-3-5-11-17(15)23/h2-13,26H,1H3. The fraction of sp³-hybridized carbons (Fsp3) is 0.0952. The van der Waals surface area contributed by atoms with Gasteiger partial charge in [0.1, 0.15) is 11.6 Å². The van der Waals surface area contributed by atoms with Crippen LogP contribution in [0.3, 0.4) is 0 Å². The molecule has 0 amide bonds. The van der Waals surface area contributed by atoms with Crippen molar-refractivity contribution < 1.29 is 13.9 Å². The van der Waals surface area contributed by atoms with Gasteiger partial charge in [-0.3, -0.25) is 0 Å². The Balaban J connectivity index is 2.11. The van der Waals surface area contributed by atoms with E-state index in [1.807, 2.05) is 18.2 Å². The van der Waals surface area contributed by atoms with Crippen molar-refractivity contribution in [2.75, 3.05) is 0 Å². The van der Waals surface area contributed by atoms with Crippen LogP contribution in [-0.4, -0.2) is 14.7 Å². The minimum atomic E-state index is -2.08. The van der Waals surface area contributed by atoms with E-state index in [4.69, 9.17) is 0 Å². The van der Waals surface area contributed by atoms with Crippen molar-refractivity contribution in [3.05, 3.63) is 101 Å². The van der Waals surface area contributed by atoms with Gasteiger partial charge in [0.2, 0.25) is 0 Å². The second-order valence-electron chi connectivity index (χ2n) is 6.15. The van der Waals surface area contributed by atoms with Gasteiger partial charge >= 0.3 is 0 Å². The van der Waals surface area contributed by atoms with Gasteiger partial charge in [-0.15, -0.1) is 0 Å². The molecule has 1 aromatic heterocycles. The average molecular weight is 350 g/mol. The van der Waals surface area contributed by atoms with E-state index in [1.54, 1.807) is 29.8 Å². The molecule has 0 aliphatic heterocycles. The van der Waals surface area contributed by atoms with Crippen LogP contribution in [0, 0.1) is 11.6 Å². The molecule has 0 bridgehead atoms. The molecule has 0 unspecified atom stereocenters. The molecule has 4 rings (SSSR count). The Morgan fingerprint density at radius 3 is 1.85 bits per heavy atom. The van der Waals surface area contributed by atoms with Gasteiger partial charge in [0.25, 0.3) is 0 Å². The fourth-order valence-electron chi connectivity index (χ4n) is 3.36. The van der Waals surface area contributed by atoms with Gasteiger partial charge in [-0.2, -0.15) is 0 Å². The van der Waals surface area contributed by atoms with Crippen LogP contribution in [0.25, 0.3) is 11.0 Å². The molecule has 0 saturated carbocycles. The predicted octanol–water partition coefficient (Wildman–Crippen LogP) is 4.14. The molecule has 1 heterocycles. The third-order valence-electron chi connectivity index (χ3n) is 4.64. The Morgan fingerprint density at radius 1 is 0.808 bits per heavy atom. The number of aliphatic hydroxyl groups is 1. The minimum absolute atomic E-state index is 0.0523. The molecule has 0 aliphatic carbocycles. The minimum Gasteiger partial charge on any atom is -0.373 e. The summed E-state index contributed by atoms with van der Waals surface area (Å²) in [5.74, 6) is -1.12. The molecular weight excluding hydrogens is 334 g/mol. The third kappa shape index (κ3) is 2.32. The maximum absolute atomic E-state index is 14.7. The number of imidazole rings is 1. The van der Waals surface area contributed by atoms with E-state index in [1.165, 1.54) is 36.4 Å². The molecule has 0 atom stereocenters. The summed E-state index contributed by atoms with van der Waals surface area (Å²) >= 11 is 0. The van der Waals surface area contributed by atoms with Crippen LogP contribution in [0.5, 0.6) is 0 Å². The monoisotopic (exact) mass is 350 g/mol. The first kappa shape index (κ1) is 16.4. The van der Waals surface area contributed by atoms with Crippen LogP contribution in [0.2, 0.25) is 0 Å². The number of hydrogen-bond donors (Lipinski definition) is 1. The predicted molar refractivity (Wildman–Crippen MR) is 95.6 cm³/mol. The van der Waals surface area contributed by atoms with Crippen molar-refractivity contribution in [3.8, 4) is 0 Å². The molecule has 0 fully saturated rings. The lowest BCUT2D eigenvalue weighted by Gasteiger charge is -2.29. The van der Waals surface area contributed by atoms with E-state index >= 15 is 0 Å². The summed E-state index contributed by atoms with van der Waals surface area (Å²) in [5, 5.41) is 11.7. The number of fused-ring (bicyclic) bond motifs is 1. The summed E-state index contributed by atoms with van der Waals surface area (Å²) in [6.07, 6.45) is 0. The topological polar surface area (TPSA) is 38.0 Å². The number of hydrogen-bond acceptors (Lipinski definition) is 2. The summed E-state index contributed by atoms with van der Waals surface area (Å²) in [4.78, 5) is 4.50. The number of aryl methyl sites for hydroxylation is 1. The Hall–Kier alpha value is -3.05. The van der Waals surface area contributed by atoms with Gasteiger partial charge in [0.05, 0.1) is 11.0 Å². The van der Waals surface area contributed by atoms with Crippen LogP contribution in [-0.2, 0) is 12.6 Å². The van der Waals surface area contributed by atoms with Crippen molar-refractivity contribution in [2.24, 2.45) is 7.05 Å². The fourth-order valence-corrected chi connectivity index (χ4v) is 3.36. The second-order valence-corrected chi connectivity index (χ2v) is 6.15. The Labute approximate surface area is 149 Å². The molecule has 0 aliphatic rings. The van der Waals surface area contributed by atoms with E-state index in [9.17, 15) is 13.9 Å². The second kappa shape index (κ2) is 6.04. The van der Waals surface area contributed by atoms with Crippen molar-refractivity contribution in [1.29, 1.82) is 0 Å². The zero-order chi connectivity index (χ0) is 18.3. The SMILES string of the molecule is Cn1c(C(O)(c2ccccc2F)c2ccccc2F)nc2ccccc21. The number of para-hydroxylation sites is 2. The van der Waals surface area contributed by atoms with Gasteiger partial charge in [-0.25, -0.2) is 13.8 Å².